The number of sulfonamides is 1. The van der Waals surface area contributed by atoms with E-state index in [0.717, 1.165) is 5.56 Å². The number of aliphatic hydroxyl groups excluding tert-OH is 1. The van der Waals surface area contributed by atoms with E-state index in [-0.39, 0.29) is 24.6 Å². The molecule has 1 aromatic rings. The van der Waals surface area contributed by atoms with Gasteiger partial charge in [-0.2, -0.15) is 4.31 Å². The number of benzene rings is 1. The molecule has 0 aliphatic heterocycles. The summed E-state index contributed by atoms with van der Waals surface area (Å²) in [5, 5.41) is 8.95. The molecule has 0 amide bonds. The predicted molar refractivity (Wildman–Crippen MR) is 74.9 cm³/mol. The van der Waals surface area contributed by atoms with Crippen LogP contribution in [0.25, 0.3) is 0 Å². The highest BCUT2D eigenvalue weighted by Gasteiger charge is 2.25. The van der Waals surface area contributed by atoms with Gasteiger partial charge in [-0.1, -0.05) is 12.1 Å². The third-order valence-corrected chi connectivity index (χ3v) is 5.25. The first-order valence-electron chi connectivity index (χ1n) is 5.41. The van der Waals surface area contributed by atoms with Gasteiger partial charge >= 0.3 is 0 Å². The molecule has 1 rings (SSSR count). The molecule has 0 spiro atoms. The summed E-state index contributed by atoms with van der Waals surface area (Å²) in [5.74, 6) is 0. The van der Waals surface area contributed by atoms with Gasteiger partial charge in [-0.25, -0.2) is 8.42 Å². The second-order valence-electron chi connectivity index (χ2n) is 3.81. The number of hydrogen-bond acceptors (Lipinski definition) is 3. The molecule has 100 valence electrons. The quantitative estimate of drug-likeness (QED) is 0.809. The standard InChI is InChI=1S/C12H16BrNO3S/c1-3-6-14(7-8-15)18(16,17)12-9-10(2)4-5-11(12)13/h3-5,9,15H,1,6-8H2,2H3. The Morgan fingerprint density at radius 1 is 1.50 bits per heavy atom. The zero-order valence-corrected chi connectivity index (χ0v) is 12.5. The number of halogens is 1. The topological polar surface area (TPSA) is 57.6 Å². The van der Waals surface area contributed by atoms with Crippen molar-refractivity contribution in [2.75, 3.05) is 19.7 Å². The van der Waals surface area contributed by atoms with Crippen LogP contribution in [0.15, 0.2) is 40.2 Å². The first-order valence-corrected chi connectivity index (χ1v) is 7.65. The van der Waals surface area contributed by atoms with Crippen molar-refractivity contribution in [3.8, 4) is 0 Å². The molecule has 1 aromatic carbocycles. The van der Waals surface area contributed by atoms with Gasteiger partial charge in [-0.15, -0.1) is 6.58 Å². The average molecular weight is 334 g/mol. The Hall–Kier alpha value is -0.690. The van der Waals surface area contributed by atoms with E-state index < -0.39 is 10.0 Å². The highest BCUT2D eigenvalue weighted by atomic mass is 79.9. The Morgan fingerprint density at radius 3 is 2.72 bits per heavy atom. The van der Waals surface area contributed by atoms with Crippen molar-refractivity contribution in [3.05, 3.63) is 40.9 Å². The van der Waals surface area contributed by atoms with Gasteiger partial charge in [0, 0.05) is 17.6 Å². The molecule has 0 saturated heterocycles. The highest BCUT2D eigenvalue weighted by Crippen LogP contribution is 2.26. The van der Waals surface area contributed by atoms with Crippen LogP contribution in [0.1, 0.15) is 5.56 Å². The number of rotatable bonds is 6. The second-order valence-corrected chi connectivity index (χ2v) is 6.57. The summed E-state index contributed by atoms with van der Waals surface area (Å²) in [7, 11) is -3.62. The van der Waals surface area contributed by atoms with Crippen molar-refractivity contribution in [1.82, 2.24) is 4.31 Å². The fourth-order valence-corrected chi connectivity index (χ4v) is 3.92. The second kappa shape index (κ2) is 6.47. The molecule has 4 nitrogen and oxygen atoms in total. The van der Waals surface area contributed by atoms with Crippen molar-refractivity contribution >= 4 is 26.0 Å². The maximum absolute atomic E-state index is 12.4. The molecular formula is C12H16BrNO3S. The van der Waals surface area contributed by atoms with Crippen LogP contribution in [0, 0.1) is 6.92 Å². The lowest BCUT2D eigenvalue weighted by Crippen LogP contribution is -2.34. The monoisotopic (exact) mass is 333 g/mol. The van der Waals surface area contributed by atoms with Gasteiger partial charge in [0.15, 0.2) is 0 Å². The van der Waals surface area contributed by atoms with E-state index in [2.05, 4.69) is 22.5 Å². The molecular weight excluding hydrogens is 318 g/mol. The van der Waals surface area contributed by atoms with Crippen LogP contribution in [0.4, 0.5) is 0 Å². The first kappa shape index (κ1) is 15.4. The molecule has 0 aliphatic carbocycles. The van der Waals surface area contributed by atoms with Gasteiger partial charge in [0.1, 0.15) is 0 Å². The SMILES string of the molecule is C=CCN(CCO)S(=O)(=O)c1cc(C)ccc1Br. The molecule has 0 fully saturated rings. The van der Waals surface area contributed by atoms with E-state index in [9.17, 15) is 8.42 Å². The van der Waals surface area contributed by atoms with E-state index in [1.54, 1.807) is 12.1 Å². The Labute approximate surface area is 116 Å². The molecule has 18 heavy (non-hydrogen) atoms. The minimum Gasteiger partial charge on any atom is -0.395 e. The molecule has 0 radical (unpaired) electrons. The van der Waals surface area contributed by atoms with Gasteiger partial charge in [-0.3, -0.25) is 0 Å². The smallest absolute Gasteiger partial charge is 0.244 e. The normalized spacial score (nSPS) is 11.8. The van der Waals surface area contributed by atoms with Crippen LogP contribution in [0.5, 0.6) is 0 Å². The van der Waals surface area contributed by atoms with Crippen LogP contribution in [0.3, 0.4) is 0 Å². The minimum atomic E-state index is -3.62. The molecule has 0 atom stereocenters. The zero-order valence-electron chi connectivity index (χ0n) is 10.1. The Bertz CT molecular complexity index is 528. The predicted octanol–water partition coefficient (Wildman–Crippen LogP) is 1.93. The minimum absolute atomic E-state index is 0.0503. The van der Waals surface area contributed by atoms with E-state index in [1.807, 2.05) is 13.0 Å². The van der Waals surface area contributed by atoms with Crippen LogP contribution >= 0.6 is 15.9 Å². The molecule has 0 aliphatic rings. The summed E-state index contributed by atoms with van der Waals surface area (Å²) < 4.78 is 26.6. The molecule has 0 bridgehead atoms. The Morgan fingerprint density at radius 2 is 2.17 bits per heavy atom. The third kappa shape index (κ3) is 3.41. The molecule has 0 heterocycles. The number of aryl methyl sites for hydroxylation is 1. The number of hydrogen-bond donors (Lipinski definition) is 1. The van der Waals surface area contributed by atoms with Crippen molar-refractivity contribution < 1.29 is 13.5 Å². The lowest BCUT2D eigenvalue weighted by atomic mass is 10.2. The Kier molecular flexibility index (Phi) is 5.52. The largest absolute Gasteiger partial charge is 0.395 e. The lowest BCUT2D eigenvalue weighted by Gasteiger charge is -2.20. The van der Waals surface area contributed by atoms with Crippen molar-refractivity contribution in [2.24, 2.45) is 0 Å². The van der Waals surface area contributed by atoms with Gasteiger partial charge in [0.25, 0.3) is 0 Å². The van der Waals surface area contributed by atoms with Crippen LogP contribution in [0.2, 0.25) is 0 Å². The fraction of sp³-hybridized carbons (Fsp3) is 0.333. The lowest BCUT2D eigenvalue weighted by molar-refractivity contribution is 0.260. The van der Waals surface area contributed by atoms with Gasteiger partial charge < -0.3 is 5.11 Å². The van der Waals surface area contributed by atoms with Crippen molar-refractivity contribution in [3.63, 3.8) is 0 Å². The summed E-state index contributed by atoms with van der Waals surface area (Å²) in [6, 6.07) is 5.13. The van der Waals surface area contributed by atoms with Gasteiger partial charge in [0.2, 0.25) is 10.0 Å². The van der Waals surface area contributed by atoms with Crippen LogP contribution < -0.4 is 0 Å². The molecule has 6 heteroatoms. The summed E-state index contributed by atoms with van der Waals surface area (Å²) in [5.41, 5.74) is 0.860. The molecule has 1 N–H and O–H groups in total. The first-order chi connectivity index (χ1) is 8.43. The maximum atomic E-state index is 12.4. The summed E-state index contributed by atoms with van der Waals surface area (Å²) in [4.78, 5) is 0.206. The van der Waals surface area contributed by atoms with Crippen LogP contribution in [-0.2, 0) is 10.0 Å². The molecule has 0 aromatic heterocycles. The summed E-state index contributed by atoms with van der Waals surface area (Å²) >= 11 is 3.24. The van der Waals surface area contributed by atoms with Gasteiger partial charge in [0.05, 0.1) is 11.5 Å². The van der Waals surface area contributed by atoms with Crippen molar-refractivity contribution in [1.29, 1.82) is 0 Å². The maximum Gasteiger partial charge on any atom is 0.244 e. The van der Waals surface area contributed by atoms with E-state index in [1.165, 1.54) is 10.4 Å². The Balaban J connectivity index is 3.25. The zero-order chi connectivity index (χ0) is 13.8. The van der Waals surface area contributed by atoms with Gasteiger partial charge in [-0.05, 0) is 40.5 Å². The third-order valence-electron chi connectivity index (χ3n) is 2.39. The molecule has 0 unspecified atom stereocenters. The fourth-order valence-electron chi connectivity index (χ4n) is 1.51. The number of nitrogens with zero attached hydrogens (tertiary/aromatic N) is 1. The van der Waals surface area contributed by atoms with Crippen molar-refractivity contribution in [2.45, 2.75) is 11.8 Å². The van der Waals surface area contributed by atoms with E-state index in [0.29, 0.717) is 4.47 Å². The highest BCUT2D eigenvalue weighted by molar-refractivity contribution is 9.10. The summed E-state index contributed by atoms with van der Waals surface area (Å²) in [6.07, 6.45) is 1.50. The van der Waals surface area contributed by atoms with E-state index in [4.69, 9.17) is 5.11 Å². The van der Waals surface area contributed by atoms with Crippen LogP contribution in [-0.4, -0.2) is 37.5 Å². The van der Waals surface area contributed by atoms with E-state index >= 15 is 0 Å². The summed E-state index contributed by atoms with van der Waals surface area (Å²) in [6.45, 7) is 5.35. The number of aliphatic hydroxyl groups is 1. The average Bonchev–Trinajstić information content (AvgIpc) is 2.32. The molecule has 0 saturated carbocycles.